The minimum absolute atomic E-state index is 0.222. The van der Waals surface area contributed by atoms with Gasteiger partial charge < -0.3 is 5.32 Å². The SMILES string of the molecule is CNC(c1ccc(CC(C)C)cc1)c1cc(Br)sc1Br. The lowest BCUT2D eigenvalue weighted by molar-refractivity contribution is 0.645. The van der Waals surface area contributed by atoms with Crippen molar-refractivity contribution in [1.29, 1.82) is 0 Å². The average Bonchev–Trinajstić information content (AvgIpc) is 2.71. The molecule has 1 aromatic carbocycles. The number of halogens is 2. The summed E-state index contributed by atoms with van der Waals surface area (Å²) in [6.07, 6.45) is 1.14. The van der Waals surface area contributed by atoms with E-state index in [-0.39, 0.29) is 6.04 Å². The molecule has 0 spiro atoms. The normalized spacial score (nSPS) is 12.9. The third-order valence-electron chi connectivity index (χ3n) is 3.24. The topological polar surface area (TPSA) is 12.0 Å². The highest BCUT2D eigenvalue weighted by Gasteiger charge is 2.17. The number of benzene rings is 1. The van der Waals surface area contributed by atoms with Gasteiger partial charge in [0.25, 0.3) is 0 Å². The van der Waals surface area contributed by atoms with Crippen LogP contribution in [-0.4, -0.2) is 7.05 Å². The molecule has 0 aliphatic rings. The Morgan fingerprint density at radius 2 is 1.80 bits per heavy atom. The monoisotopic (exact) mass is 415 g/mol. The van der Waals surface area contributed by atoms with Crippen LogP contribution in [0.25, 0.3) is 0 Å². The fraction of sp³-hybridized carbons (Fsp3) is 0.375. The summed E-state index contributed by atoms with van der Waals surface area (Å²) in [6.45, 7) is 4.51. The van der Waals surface area contributed by atoms with Crippen LogP contribution in [0.2, 0.25) is 0 Å². The number of nitrogens with one attached hydrogen (secondary N) is 1. The number of rotatable bonds is 5. The van der Waals surface area contributed by atoms with E-state index in [1.807, 2.05) is 7.05 Å². The minimum Gasteiger partial charge on any atom is -0.309 e. The van der Waals surface area contributed by atoms with Crippen molar-refractivity contribution in [3.8, 4) is 0 Å². The lowest BCUT2D eigenvalue weighted by Gasteiger charge is -2.17. The molecule has 0 aliphatic heterocycles. The van der Waals surface area contributed by atoms with Crippen molar-refractivity contribution in [2.75, 3.05) is 7.05 Å². The molecule has 1 N–H and O–H groups in total. The zero-order valence-corrected chi connectivity index (χ0v) is 15.9. The second-order valence-electron chi connectivity index (χ2n) is 5.34. The molecule has 20 heavy (non-hydrogen) atoms. The molecular formula is C16H19Br2NS. The predicted octanol–water partition coefficient (Wildman–Crippen LogP) is 5.78. The number of thiophene rings is 1. The van der Waals surface area contributed by atoms with Gasteiger partial charge in [-0.05, 0) is 74.0 Å². The van der Waals surface area contributed by atoms with Gasteiger partial charge in [0.05, 0.1) is 13.6 Å². The Balaban J connectivity index is 2.26. The van der Waals surface area contributed by atoms with Crippen molar-refractivity contribution in [1.82, 2.24) is 5.32 Å². The van der Waals surface area contributed by atoms with Crippen LogP contribution in [-0.2, 0) is 6.42 Å². The Morgan fingerprint density at radius 3 is 2.25 bits per heavy atom. The lowest BCUT2D eigenvalue weighted by Crippen LogP contribution is -2.17. The summed E-state index contributed by atoms with van der Waals surface area (Å²) in [5.41, 5.74) is 3.98. The molecule has 0 bridgehead atoms. The molecule has 2 rings (SSSR count). The van der Waals surface area contributed by atoms with E-state index < -0.39 is 0 Å². The summed E-state index contributed by atoms with van der Waals surface area (Å²) in [7, 11) is 2.00. The third kappa shape index (κ3) is 3.94. The van der Waals surface area contributed by atoms with Crippen molar-refractivity contribution < 1.29 is 0 Å². The van der Waals surface area contributed by atoms with E-state index in [0.29, 0.717) is 5.92 Å². The average molecular weight is 417 g/mol. The van der Waals surface area contributed by atoms with Gasteiger partial charge in [0.15, 0.2) is 0 Å². The van der Waals surface area contributed by atoms with Crippen LogP contribution in [0.3, 0.4) is 0 Å². The standard InChI is InChI=1S/C16H19Br2NS/c1-10(2)8-11-4-6-12(7-5-11)15(19-3)13-9-14(17)20-16(13)18/h4-7,9-10,15,19H,8H2,1-3H3. The highest BCUT2D eigenvalue weighted by molar-refractivity contribution is 9.12. The van der Waals surface area contributed by atoms with E-state index >= 15 is 0 Å². The zero-order valence-electron chi connectivity index (χ0n) is 11.9. The van der Waals surface area contributed by atoms with Gasteiger partial charge in [0, 0.05) is 0 Å². The van der Waals surface area contributed by atoms with E-state index in [4.69, 9.17) is 0 Å². The highest BCUT2D eigenvalue weighted by atomic mass is 79.9. The fourth-order valence-electron chi connectivity index (χ4n) is 2.37. The van der Waals surface area contributed by atoms with Crippen LogP contribution >= 0.6 is 43.2 Å². The molecule has 1 atom stereocenters. The maximum atomic E-state index is 3.65. The van der Waals surface area contributed by atoms with E-state index in [1.165, 1.54) is 20.5 Å². The van der Waals surface area contributed by atoms with Crippen LogP contribution in [0.1, 0.15) is 36.6 Å². The first-order valence-electron chi connectivity index (χ1n) is 6.72. The summed E-state index contributed by atoms with van der Waals surface area (Å²) in [4.78, 5) is 0. The molecule has 0 radical (unpaired) electrons. The maximum Gasteiger partial charge on any atom is 0.0761 e. The summed E-state index contributed by atoms with van der Waals surface area (Å²) in [5.74, 6) is 0.697. The van der Waals surface area contributed by atoms with Crippen molar-refractivity contribution in [3.63, 3.8) is 0 Å². The van der Waals surface area contributed by atoms with Crippen LogP contribution in [0.4, 0.5) is 0 Å². The molecule has 4 heteroatoms. The molecule has 0 amide bonds. The van der Waals surface area contributed by atoms with Gasteiger partial charge in [-0.2, -0.15) is 0 Å². The summed E-state index contributed by atoms with van der Waals surface area (Å²) >= 11 is 8.92. The van der Waals surface area contributed by atoms with Gasteiger partial charge in [-0.15, -0.1) is 11.3 Å². The second kappa shape index (κ2) is 7.21. The lowest BCUT2D eigenvalue weighted by atomic mass is 9.97. The molecule has 0 fully saturated rings. The van der Waals surface area contributed by atoms with Gasteiger partial charge in [0.1, 0.15) is 0 Å². The number of hydrogen-bond donors (Lipinski definition) is 1. The zero-order chi connectivity index (χ0) is 14.7. The Morgan fingerprint density at radius 1 is 1.15 bits per heavy atom. The fourth-order valence-corrected chi connectivity index (χ4v) is 5.27. The molecule has 1 heterocycles. The molecule has 1 nitrogen and oxygen atoms in total. The van der Waals surface area contributed by atoms with Gasteiger partial charge in [0.2, 0.25) is 0 Å². The molecule has 1 aromatic heterocycles. The largest absolute Gasteiger partial charge is 0.309 e. The van der Waals surface area contributed by atoms with E-state index in [0.717, 1.165) is 10.2 Å². The minimum atomic E-state index is 0.222. The van der Waals surface area contributed by atoms with Crippen molar-refractivity contribution >= 4 is 43.2 Å². The van der Waals surface area contributed by atoms with E-state index in [1.54, 1.807) is 11.3 Å². The smallest absolute Gasteiger partial charge is 0.0761 e. The number of hydrogen-bond acceptors (Lipinski definition) is 2. The molecule has 0 saturated heterocycles. The van der Waals surface area contributed by atoms with Crippen molar-refractivity contribution in [2.24, 2.45) is 5.92 Å². The Bertz CT molecular complexity index is 560. The molecule has 2 aromatic rings. The Hall–Kier alpha value is -0.160. The van der Waals surface area contributed by atoms with Gasteiger partial charge >= 0.3 is 0 Å². The molecular weight excluding hydrogens is 398 g/mol. The van der Waals surface area contributed by atoms with E-state index in [2.05, 4.69) is 81.4 Å². The molecule has 1 unspecified atom stereocenters. The highest BCUT2D eigenvalue weighted by Crippen LogP contribution is 2.37. The van der Waals surface area contributed by atoms with Gasteiger partial charge in [-0.1, -0.05) is 38.1 Å². The van der Waals surface area contributed by atoms with Crippen LogP contribution in [0.15, 0.2) is 37.9 Å². The Kier molecular flexibility index (Phi) is 5.84. The van der Waals surface area contributed by atoms with Crippen molar-refractivity contribution in [3.05, 3.63) is 54.6 Å². The van der Waals surface area contributed by atoms with Crippen LogP contribution in [0, 0.1) is 5.92 Å². The molecule has 0 aliphatic carbocycles. The van der Waals surface area contributed by atoms with E-state index in [9.17, 15) is 0 Å². The van der Waals surface area contributed by atoms with Gasteiger partial charge in [-0.25, -0.2) is 0 Å². The van der Waals surface area contributed by atoms with Crippen LogP contribution in [0.5, 0.6) is 0 Å². The summed E-state index contributed by atoms with van der Waals surface area (Å²) in [6, 6.07) is 11.4. The first-order valence-corrected chi connectivity index (χ1v) is 9.12. The Labute approximate surface area is 142 Å². The predicted molar refractivity (Wildman–Crippen MR) is 95.6 cm³/mol. The van der Waals surface area contributed by atoms with Gasteiger partial charge in [-0.3, -0.25) is 0 Å². The third-order valence-corrected chi connectivity index (χ3v) is 5.63. The van der Waals surface area contributed by atoms with Crippen molar-refractivity contribution in [2.45, 2.75) is 26.3 Å². The first-order chi connectivity index (χ1) is 9.51. The quantitative estimate of drug-likeness (QED) is 0.651. The maximum absolute atomic E-state index is 3.65. The molecule has 0 saturated carbocycles. The molecule has 108 valence electrons. The second-order valence-corrected chi connectivity index (χ2v) is 9.09. The van der Waals surface area contributed by atoms with Crippen LogP contribution < -0.4 is 5.32 Å². The first kappa shape index (κ1) is 16.2. The summed E-state index contributed by atoms with van der Waals surface area (Å²) in [5, 5.41) is 3.40. The summed E-state index contributed by atoms with van der Waals surface area (Å²) < 4.78 is 2.33.